The first-order chi connectivity index (χ1) is 12.3. The second-order valence-corrected chi connectivity index (χ2v) is 8.12. The zero-order valence-electron chi connectivity index (χ0n) is 14.0. The minimum atomic E-state index is -3.71. The maximum atomic E-state index is 11.7. The molecule has 0 atom stereocenters. The number of nitrogens with one attached hydrogen (secondary N) is 1. The van der Waals surface area contributed by atoms with Crippen molar-refractivity contribution >= 4 is 33.2 Å². The first-order valence-corrected chi connectivity index (χ1v) is 10.3. The minimum Gasteiger partial charge on any atom is -0.456 e. The molecule has 2 rings (SSSR count). The molecule has 0 fully saturated rings. The van der Waals surface area contributed by atoms with E-state index in [1.807, 2.05) is 17.5 Å². The molecule has 2 aromatic rings. The van der Waals surface area contributed by atoms with Gasteiger partial charge in [0, 0.05) is 11.4 Å². The van der Waals surface area contributed by atoms with E-state index in [9.17, 15) is 18.0 Å². The second-order valence-electron chi connectivity index (χ2n) is 5.53. The van der Waals surface area contributed by atoms with E-state index in [-0.39, 0.29) is 23.8 Å². The van der Waals surface area contributed by atoms with E-state index < -0.39 is 16.0 Å². The Morgan fingerprint density at radius 3 is 2.46 bits per heavy atom. The normalized spacial score (nSPS) is 11.1. The van der Waals surface area contributed by atoms with Gasteiger partial charge in [0.1, 0.15) is 0 Å². The van der Waals surface area contributed by atoms with E-state index >= 15 is 0 Å². The summed E-state index contributed by atoms with van der Waals surface area (Å²) in [5, 5.41) is 9.61. The molecule has 7 nitrogen and oxygen atoms in total. The van der Waals surface area contributed by atoms with E-state index in [1.54, 1.807) is 23.5 Å². The van der Waals surface area contributed by atoms with E-state index in [4.69, 9.17) is 9.88 Å². The van der Waals surface area contributed by atoms with Crippen molar-refractivity contribution in [1.29, 1.82) is 0 Å². The maximum Gasteiger partial charge on any atom is 0.306 e. The highest BCUT2D eigenvalue weighted by Crippen LogP contribution is 2.11. The molecule has 0 unspecified atom stereocenters. The van der Waals surface area contributed by atoms with Crippen molar-refractivity contribution in [2.75, 3.05) is 13.2 Å². The Kier molecular flexibility index (Phi) is 7.31. The molecule has 3 N–H and O–H groups in total. The van der Waals surface area contributed by atoms with Gasteiger partial charge in [0.25, 0.3) is 5.91 Å². The summed E-state index contributed by atoms with van der Waals surface area (Å²) in [4.78, 5) is 24.4. The molecule has 9 heteroatoms. The van der Waals surface area contributed by atoms with Crippen LogP contribution in [-0.2, 0) is 37.2 Å². The zero-order valence-corrected chi connectivity index (χ0v) is 15.6. The Hall–Kier alpha value is -2.23. The van der Waals surface area contributed by atoms with Crippen molar-refractivity contribution in [1.82, 2.24) is 5.32 Å². The number of nitrogens with two attached hydrogens (primary N) is 1. The first-order valence-electron chi connectivity index (χ1n) is 7.91. The number of primary sulfonamides is 1. The van der Waals surface area contributed by atoms with Gasteiger partial charge in [-0.05, 0) is 42.0 Å². The van der Waals surface area contributed by atoms with Crippen LogP contribution in [0.15, 0.2) is 46.7 Å². The van der Waals surface area contributed by atoms with Crippen LogP contribution >= 0.6 is 11.3 Å². The quantitative estimate of drug-likeness (QED) is 0.619. The third-order valence-electron chi connectivity index (χ3n) is 3.51. The topological polar surface area (TPSA) is 116 Å². The van der Waals surface area contributed by atoms with Crippen LogP contribution in [0.2, 0.25) is 0 Å². The SMILES string of the molecule is NS(=O)(=O)c1ccc(CCNC(=O)COC(=O)CCc2cccs2)cc1. The Bertz CT molecular complexity index is 831. The van der Waals surface area contributed by atoms with E-state index in [0.29, 0.717) is 19.4 Å². The second kappa shape index (κ2) is 9.46. The fourth-order valence-electron chi connectivity index (χ4n) is 2.14. The number of aryl methyl sites for hydroxylation is 1. The van der Waals surface area contributed by atoms with Gasteiger partial charge < -0.3 is 10.1 Å². The largest absolute Gasteiger partial charge is 0.456 e. The number of thiophene rings is 1. The van der Waals surface area contributed by atoms with Crippen molar-refractivity contribution in [3.8, 4) is 0 Å². The molecule has 0 radical (unpaired) electrons. The molecule has 1 aromatic heterocycles. The Labute approximate surface area is 156 Å². The number of sulfonamides is 1. The van der Waals surface area contributed by atoms with Crippen molar-refractivity contribution in [3.63, 3.8) is 0 Å². The molecule has 0 aliphatic heterocycles. The summed E-state index contributed by atoms with van der Waals surface area (Å²) in [5.74, 6) is -0.789. The highest BCUT2D eigenvalue weighted by Gasteiger charge is 2.09. The minimum absolute atomic E-state index is 0.0414. The van der Waals surface area contributed by atoms with Crippen molar-refractivity contribution < 1.29 is 22.7 Å². The molecule has 0 bridgehead atoms. The van der Waals surface area contributed by atoms with Crippen LogP contribution < -0.4 is 10.5 Å². The van der Waals surface area contributed by atoms with Crippen LogP contribution in [0.1, 0.15) is 16.9 Å². The fraction of sp³-hybridized carbons (Fsp3) is 0.294. The zero-order chi connectivity index (χ0) is 19.0. The standard InChI is InChI=1S/C17H20N2O5S2/c18-26(22,23)15-6-3-13(4-7-15)9-10-19-16(20)12-24-17(21)8-5-14-2-1-11-25-14/h1-4,6-7,11H,5,8-10,12H2,(H,19,20)(H2,18,22,23). The van der Waals surface area contributed by atoms with Crippen LogP contribution in [0.25, 0.3) is 0 Å². The molecular formula is C17H20N2O5S2. The molecule has 1 amide bonds. The first kappa shape index (κ1) is 20.1. The average Bonchev–Trinajstić information content (AvgIpc) is 3.11. The van der Waals surface area contributed by atoms with Crippen LogP contribution in [-0.4, -0.2) is 33.4 Å². The van der Waals surface area contributed by atoms with Gasteiger partial charge in [-0.15, -0.1) is 11.3 Å². The third kappa shape index (κ3) is 6.95. The number of carbonyl (C=O) groups excluding carboxylic acids is 2. The smallest absolute Gasteiger partial charge is 0.306 e. The lowest BCUT2D eigenvalue weighted by atomic mass is 10.1. The lowest BCUT2D eigenvalue weighted by molar-refractivity contribution is -0.148. The highest BCUT2D eigenvalue weighted by molar-refractivity contribution is 7.89. The van der Waals surface area contributed by atoms with E-state index in [2.05, 4.69) is 5.32 Å². The molecule has 26 heavy (non-hydrogen) atoms. The monoisotopic (exact) mass is 396 g/mol. The van der Waals surface area contributed by atoms with Gasteiger partial charge in [-0.1, -0.05) is 18.2 Å². The Balaban J connectivity index is 1.63. The molecule has 0 saturated heterocycles. The van der Waals surface area contributed by atoms with Crippen molar-refractivity contribution in [2.24, 2.45) is 5.14 Å². The summed E-state index contributed by atoms with van der Waals surface area (Å²) in [7, 11) is -3.71. The predicted octanol–water partition coefficient (Wildman–Crippen LogP) is 1.23. The molecule has 0 aliphatic rings. The van der Waals surface area contributed by atoms with Gasteiger partial charge in [0.2, 0.25) is 10.0 Å². The van der Waals surface area contributed by atoms with Gasteiger partial charge in [0.15, 0.2) is 6.61 Å². The number of ether oxygens (including phenoxy) is 1. The number of esters is 1. The van der Waals surface area contributed by atoms with Crippen LogP contribution in [0.5, 0.6) is 0 Å². The Morgan fingerprint density at radius 1 is 1.12 bits per heavy atom. The van der Waals surface area contributed by atoms with Crippen molar-refractivity contribution in [3.05, 3.63) is 52.2 Å². The number of carbonyl (C=O) groups is 2. The molecule has 0 spiro atoms. The molecule has 0 aliphatic carbocycles. The number of hydrogen-bond acceptors (Lipinski definition) is 6. The lowest BCUT2D eigenvalue weighted by Gasteiger charge is -2.07. The summed E-state index contributed by atoms with van der Waals surface area (Å²) < 4.78 is 27.3. The molecule has 140 valence electrons. The lowest BCUT2D eigenvalue weighted by Crippen LogP contribution is -2.30. The summed E-state index contributed by atoms with van der Waals surface area (Å²) in [5.41, 5.74) is 0.852. The van der Waals surface area contributed by atoms with Gasteiger partial charge in [-0.25, -0.2) is 13.6 Å². The summed E-state index contributed by atoms with van der Waals surface area (Å²) in [6.07, 6.45) is 1.36. The van der Waals surface area contributed by atoms with Gasteiger partial charge in [-0.2, -0.15) is 0 Å². The van der Waals surface area contributed by atoms with E-state index in [1.165, 1.54) is 12.1 Å². The molecule has 1 heterocycles. The summed E-state index contributed by atoms with van der Waals surface area (Å²) in [6.45, 7) is 0.0356. The molecule has 1 aromatic carbocycles. The van der Waals surface area contributed by atoms with Crippen LogP contribution in [0.4, 0.5) is 0 Å². The summed E-state index contributed by atoms with van der Waals surface area (Å²) in [6, 6.07) is 9.97. The van der Waals surface area contributed by atoms with Crippen LogP contribution in [0, 0.1) is 0 Å². The van der Waals surface area contributed by atoms with Gasteiger partial charge >= 0.3 is 5.97 Å². The number of hydrogen-bond donors (Lipinski definition) is 2. The predicted molar refractivity (Wildman–Crippen MR) is 98.1 cm³/mol. The highest BCUT2D eigenvalue weighted by atomic mass is 32.2. The average molecular weight is 396 g/mol. The fourth-order valence-corrected chi connectivity index (χ4v) is 3.37. The van der Waals surface area contributed by atoms with Crippen LogP contribution in [0.3, 0.4) is 0 Å². The Morgan fingerprint density at radius 2 is 1.85 bits per heavy atom. The van der Waals surface area contributed by atoms with Gasteiger partial charge in [-0.3, -0.25) is 9.59 Å². The summed E-state index contributed by atoms with van der Waals surface area (Å²) >= 11 is 1.57. The molecule has 0 saturated carbocycles. The third-order valence-corrected chi connectivity index (χ3v) is 5.37. The van der Waals surface area contributed by atoms with E-state index in [0.717, 1.165) is 10.4 Å². The van der Waals surface area contributed by atoms with Gasteiger partial charge in [0.05, 0.1) is 11.3 Å². The number of rotatable bonds is 9. The molecular weight excluding hydrogens is 376 g/mol. The van der Waals surface area contributed by atoms with Crippen molar-refractivity contribution in [2.45, 2.75) is 24.2 Å². The maximum absolute atomic E-state index is 11.7. The number of amides is 1. The number of benzene rings is 1.